The standard InChI is InChI=1S/C15H21N3O2/c1-11-5-8-14(19)18(17-11)10-13-7-6-12(20-13)9-16-15(2,3)4/h5-8,16H,9-10H2,1-4H3. The molecule has 0 aromatic carbocycles. The molecule has 5 nitrogen and oxygen atoms in total. The van der Waals surface area contributed by atoms with Crippen LogP contribution in [0.4, 0.5) is 0 Å². The summed E-state index contributed by atoms with van der Waals surface area (Å²) in [4.78, 5) is 11.7. The second kappa shape index (κ2) is 5.63. The fourth-order valence-electron chi connectivity index (χ4n) is 1.77. The maximum absolute atomic E-state index is 11.7. The highest BCUT2D eigenvalue weighted by Crippen LogP contribution is 2.10. The van der Waals surface area contributed by atoms with Crippen LogP contribution >= 0.6 is 0 Å². The maximum Gasteiger partial charge on any atom is 0.267 e. The van der Waals surface area contributed by atoms with Gasteiger partial charge in [-0.2, -0.15) is 5.10 Å². The number of nitrogens with one attached hydrogen (secondary N) is 1. The lowest BCUT2D eigenvalue weighted by Gasteiger charge is -2.19. The highest BCUT2D eigenvalue weighted by Gasteiger charge is 2.11. The fourth-order valence-corrected chi connectivity index (χ4v) is 1.77. The monoisotopic (exact) mass is 275 g/mol. The second-order valence-corrected chi connectivity index (χ2v) is 5.94. The number of aryl methyl sites for hydroxylation is 1. The molecule has 0 spiro atoms. The molecule has 0 atom stereocenters. The molecule has 0 amide bonds. The van der Waals surface area contributed by atoms with Gasteiger partial charge in [-0.15, -0.1) is 0 Å². The molecule has 1 N–H and O–H groups in total. The van der Waals surface area contributed by atoms with Crippen LogP contribution in [0.1, 0.15) is 38.0 Å². The number of aromatic nitrogens is 2. The van der Waals surface area contributed by atoms with Crippen molar-refractivity contribution in [2.24, 2.45) is 0 Å². The first-order valence-corrected chi connectivity index (χ1v) is 6.71. The summed E-state index contributed by atoms with van der Waals surface area (Å²) in [6, 6.07) is 7.04. The molecule has 0 saturated carbocycles. The maximum atomic E-state index is 11.7. The van der Waals surface area contributed by atoms with Gasteiger partial charge in [-0.25, -0.2) is 4.68 Å². The van der Waals surface area contributed by atoms with Crippen molar-refractivity contribution in [3.05, 3.63) is 51.8 Å². The van der Waals surface area contributed by atoms with Crippen LogP contribution in [-0.2, 0) is 13.1 Å². The molecule has 5 heteroatoms. The Hall–Kier alpha value is -1.88. The molecular weight excluding hydrogens is 254 g/mol. The lowest BCUT2D eigenvalue weighted by atomic mass is 10.1. The molecule has 0 fully saturated rings. The van der Waals surface area contributed by atoms with Crippen molar-refractivity contribution in [1.29, 1.82) is 0 Å². The van der Waals surface area contributed by atoms with Crippen molar-refractivity contribution in [2.75, 3.05) is 0 Å². The Morgan fingerprint density at radius 3 is 2.60 bits per heavy atom. The van der Waals surface area contributed by atoms with E-state index in [1.54, 1.807) is 6.07 Å². The van der Waals surface area contributed by atoms with E-state index in [1.165, 1.54) is 10.7 Å². The Morgan fingerprint density at radius 1 is 1.20 bits per heavy atom. The molecular formula is C15H21N3O2. The molecule has 0 radical (unpaired) electrons. The van der Waals surface area contributed by atoms with Crippen molar-refractivity contribution in [1.82, 2.24) is 15.1 Å². The average molecular weight is 275 g/mol. The predicted molar refractivity (Wildman–Crippen MR) is 77.6 cm³/mol. The van der Waals surface area contributed by atoms with E-state index in [0.29, 0.717) is 13.1 Å². The summed E-state index contributed by atoms with van der Waals surface area (Å²) in [6.07, 6.45) is 0. The summed E-state index contributed by atoms with van der Waals surface area (Å²) >= 11 is 0. The number of furan rings is 1. The minimum Gasteiger partial charge on any atom is -0.463 e. The van der Waals surface area contributed by atoms with Crippen LogP contribution in [0.2, 0.25) is 0 Å². The van der Waals surface area contributed by atoms with Crippen molar-refractivity contribution < 1.29 is 4.42 Å². The van der Waals surface area contributed by atoms with Crippen LogP contribution < -0.4 is 10.9 Å². The second-order valence-electron chi connectivity index (χ2n) is 5.94. The van der Waals surface area contributed by atoms with E-state index in [9.17, 15) is 4.79 Å². The van der Waals surface area contributed by atoms with E-state index >= 15 is 0 Å². The number of rotatable bonds is 4. The van der Waals surface area contributed by atoms with Gasteiger partial charge in [0.05, 0.1) is 12.2 Å². The summed E-state index contributed by atoms with van der Waals surface area (Å²) in [7, 11) is 0. The van der Waals surface area contributed by atoms with E-state index < -0.39 is 0 Å². The summed E-state index contributed by atoms with van der Waals surface area (Å²) in [5.41, 5.74) is 0.731. The van der Waals surface area contributed by atoms with E-state index in [0.717, 1.165) is 17.2 Å². The lowest BCUT2D eigenvalue weighted by molar-refractivity contribution is 0.373. The minimum absolute atomic E-state index is 0.0436. The Morgan fingerprint density at radius 2 is 1.90 bits per heavy atom. The third-order valence-corrected chi connectivity index (χ3v) is 2.82. The zero-order valence-electron chi connectivity index (χ0n) is 12.4. The highest BCUT2D eigenvalue weighted by atomic mass is 16.3. The quantitative estimate of drug-likeness (QED) is 0.928. The van der Waals surface area contributed by atoms with Crippen molar-refractivity contribution >= 4 is 0 Å². The largest absolute Gasteiger partial charge is 0.463 e. The van der Waals surface area contributed by atoms with Gasteiger partial charge in [0, 0.05) is 11.6 Å². The Balaban J connectivity index is 2.06. The van der Waals surface area contributed by atoms with Crippen LogP contribution in [0.25, 0.3) is 0 Å². The van der Waals surface area contributed by atoms with Gasteiger partial charge in [0.1, 0.15) is 18.1 Å². The van der Waals surface area contributed by atoms with Gasteiger partial charge < -0.3 is 9.73 Å². The summed E-state index contributed by atoms with van der Waals surface area (Å²) in [5.74, 6) is 1.59. The molecule has 2 heterocycles. The van der Waals surface area contributed by atoms with Crippen molar-refractivity contribution in [3.8, 4) is 0 Å². The summed E-state index contributed by atoms with van der Waals surface area (Å²) < 4.78 is 7.13. The number of hydrogen-bond donors (Lipinski definition) is 1. The zero-order chi connectivity index (χ0) is 14.8. The number of hydrogen-bond acceptors (Lipinski definition) is 4. The van der Waals surface area contributed by atoms with Gasteiger partial charge in [0.25, 0.3) is 5.56 Å². The molecule has 0 aliphatic carbocycles. The molecule has 0 aliphatic rings. The van der Waals surface area contributed by atoms with Gasteiger partial charge in [0.15, 0.2) is 0 Å². The lowest BCUT2D eigenvalue weighted by Crippen LogP contribution is -2.34. The van der Waals surface area contributed by atoms with Crippen LogP contribution in [0.15, 0.2) is 33.5 Å². The Bertz CT molecular complexity index is 635. The van der Waals surface area contributed by atoms with Crippen LogP contribution in [-0.4, -0.2) is 15.3 Å². The van der Waals surface area contributed by atoms with E-state index in [2.05, 4.69) is 31.2 Å². The molecule has 2 aromatic rings. The van der Waals surface area contributed by atoms with Gasteiger partial charge in [-0.05, 0) is 45.9 Å². The first-order valence-electron chi connectivity index (χ1n) is 6.71. The smallest absolute Gasteiger partial charge is 0.267 e. The molecule has 0 unspecified atom stereocenters. The third-order valence-electron chi connectivity index (χ3n) is 2.82. The molecule has 20 heavy (non-hydrogen) atoms. The van der Waals surface area contributed by atoms with Crippen molar-refractivity contribution in [3.63, 3.8) is 0 Å². The first kappa shape index (κ1) is 14.5. The molecule has 0 bridgehead atoms. The Labute approximate surface area is 118 Å². The molecule has 2 aromatic heterocycles. The topological polar surface area (TPSA) is 60.1 Å². The van der Waals surface area contributed by atoms with Gasteiger partial charge in [-0.1, -0.05) is 0 Å². The van der Waals surface area contributed by atoms with Crippen LogP contribution in [0, 0.1) is 6.92 Å². The van der Waals surface area contributed by atoms with Crippen LogP contribution in [0.3, 0.4) is 0 Å². The summed E-state index contributed by atoms with van der Waals surface area (Å²) in [5, 5.41) is 7.55. The summed E-state index contributed by atoms with van der Waals surface area (Å²) in [6.45, 7) is 9.19. The van der Waals surface area contributed by atoms with Gasteiger partial charge >= 0.3 is 0 Å². The molecule has 108 valence electrons. The number of nitrogens with zero attached hydrogens (tertiary/aromatic N) is 2. The normalized spacial score (nSPS) is 11.8. The first-order chi connectivity index (χ1) is 9.33. The fraction of sp³-hybridized carbons (Fsp3) is 0.467. The molecule has 0 aliphatic heterocycles. The van der Waals surface area contributed by atoms with E-state index in [1.807, 2.05) is 19.1 Å². The van der Waals surface area contributed by atoms with Gasteiger partial charge in [-0.3, -0.25) is 4.79 Å². The molecule has 2 rings (SSSR count). The average Bonchev–Trinajstić information content (AvgIpc) is 2.78. The third kappa shape index (κ3) is 4.06. The molecule has 0 saturated heterocycles. The highest BCUT2D eigenvalue weighted by molar-refractivity contribution is 5.08. The zero-order valence-corrected chi connectivity index (χ0v) is 12.4. The van der Waals surface area contributed by atoms with Gasteiger partial charge in [0.2, 0.25) is 0 Å². The predicted octanol–water partition coefficient (Wildman–Crippen LogP) is 2.08. The van der Waals surface area contributed by atoms with E-state index in [-0.39, 0.29) is 11.1 Å². The Kier molecular flexibility index (Phi) is 4.09. The van der Waals surface area contributed by atoms with E-state index in [4.69, 9.17) is 4.42 Å². The van der Waals surface area contributed by atoms with Crippen LogP contribution in [0.5, 0.6) is 0 Å². The minimum atomic E-state index is -0.124. The van der Waals surface area contributed by atoms with Crippen molar-refractivity contribution in [2.45, 2.75) is 46.3 Å². The SMILES string of the molecule is Cc1ccc(=O)n(Cc2ccc(CNC(C)(C)C)o2)n1.